The van der Waals surface area contributed by atoms with Crippen LogP contribution in [0.2, 0.25) is 0 Å². The number of hydrogen-bond donors (Lipinski definition) is 1. The molecule has 43 heavy (non-hydrogen) atoms. The zero-order valence-electron chi connectivity index (χ0n) is 22.9. The molecule has 1 aliphatic carbocycles. The van der Waals surface area contributed by atoms with E-state index in [9.17, 15) is 4.79 Å². The van der Waals surface area contributed by atoms with Crippen LogP contribution in [0.5, 0.6) is 0 Å². The molecule has 1 aliphatic rings. The zero-order valence-corrected chi connectivity index (χ0v) is 22.9. The molecule has 5 aromatic rings. The highest BCUT2D eigenvalue weighted by atomic mass is 19.4. The van der Waals surface area contributed by atoms with E-state index in [-0.39, 0.29) is 34.3 Å². The molecule has 0 aliphatic heterocycles. The van der Waals surface area contributed by atoms with Gasteiger partial charge in [0.1, 0.15) is 5.82 Å². The third-order valence-electron chi connectivity index (χ3n) is 7.47. The molecule has 1 saturated carbocycles. The molecule has 0 spiro atoms. The van der Waals surface area contributed by atoms with Gasteiger partial charge in [0.25, 0.3) is 0 Å². The van der Waals surface area contributed by atoms with Gasteiger partial charge < -0.3 is 5.32 Å². The molecular formula is C34H24F3N5O. The van der Waals surface area contributed by atoms with Gasteiger partial charge in [0, 0.05) is 40.7 Å². The number of rotatable bonds is 6. The van der Waals surface area contributed by atoms with E-state index in [1.165, 1.54) is 30.7 Å². The largest absolute Gasteiger partial charge is 0.419 e. The Morgan fingerprint density at radius 3 is 2.23 bits per heavy atom. The Morgan fingerprint density at radius 1 is 0.977 bits per heavy atom. The summed E-state index contributed by atoms with van der Waals surface area (Å²) in [6.07, 6.45) is -0.0715. The van der Waals surface area contributed by atoms with Crippen LogP contribution in [0, 0.1) is 30.1 Å². The number of benzene rings is 3. The average Bonchev–Trinajstić information content (AvgIpc) is 3.80. The van der Waals surface area contributed by atoms with E-state index < -0.39 is 17.7 Å². The highest BCUT2D eigenvalue weighted by Crippen LogP contribution is 2.48. The number of carbonyl (C=O) groups is 1. The summed E-state index contributed by atoms with van der Waals surface area (Å²) in [5.41, 5.74) is 1.29. The van der Waals surface area contributed by atoms with Crippen LogP contribution in [-0.4, -0.2) is 21.6 Å². The van der Waals surface area contributed by atoms with Gasteiger partial charge in [-0.05, 0) is 48.1 Å². The summed E-state index contributed by atoms with van der Waals surface area (Å²) in [6.45, 7) is 1.73. The van der Waals surface area contributed by atoms with E-state index in [4.69, 9.17) is 10.3 Å². The summed E-state index contributed by atoms with van der Waals surface area (Å²) in [5.74, 6) is -0.938. The SMILES string of the molecule is Cc1ccncc1-c1cc2cc(NC(=O)C3CC3C#N)ncc2c(N=C(c2ccccc2)c2ccccc2)c1C(F)(F)F. The fourth-order valence-electron chi connectivity index (χ4n) is 5.15. The minimum absolute atomic E-state index is 0.0833. The highest BCUT2D eigenvalue weighted by Gasteiger charge is 2.43. The number of pyridine rings is 2. The van der Waals surface area contributed by atoms with Gasteiger partial charge in [-0.3, -0.25) is 9.78 Å². The van der Waals surface area contributed by atoms with Crippen LogP contribution in [0.3, 0.4) is 0 Å². The fraction of sp³-hybridized carbons (Fsp3) is 0.147. The third-order valence-corrected chi connectivity index (χ3v) is 7.47. The van der Waals surface area contributed by atoms with Crippen LogP contribution in [0.1, 0.15) is 28.7 Å². The van der Waals surface area contributed by atoms with E-state index in [1.807, 2.05) is 12.1 Å². The van der Waals surface area contributed by atoms with Gasteiger partial charge in [-0.25, -0.2) is 9.98 Å². The van der Waals surface area contributed by atoms with Crippen LogP contribution < -0.4 is 5.32 Å². The number of alkyl halides is 3. The molecule has 0 radical (unpaired) electrons. The van der Waals surface area contributed by atoms with Gasteiger partial charge in [0.2, 0.25) is 5.91 Å². The second kappa shape index (κ2) is 11.1. The molecule has 1 fully saturated rings. The number of halogens is 3. The third kappa shape index (κ3) is 5.60. The molecule has 2 aromatic heterocycles. The van der Waals surface area contributed by atoms with Gasteiger partial charge in [-0.15, -0.1) is 0 Å². The molecule has 0 bridgehead atoms. The van der Waals surface area contributed by atoms with Crippen molar-refractivity contribution in [3.63, 3.8) is 0 Å². The lowest BCUT2D eigenvalue weighted by Crippen LogP contribution is -2.15. The Labute approximate surface area is 245 Å². The van der Waals surface area contributed by atoms with E-state index >= 15 is 13.2 Å². The number of aromatic nitrogens is 2. The van der Waals surface area contributed by atoms with Crippen molar-refractivity contribution in [2.45, 2.75) is 19.5 Å². The summed E-state index contributed by atoms with van der Waals surface area (Å²) < 4.78 is 45.4. The van der Waals surface area contributed by atoms with Crippen molar-refractivity contribution in [3.05, 3.63) is 120 Å². The number of hydrogen-bond acceptors (Lipinski definition) is 5. The number of amides is 1. The maximum absolute atomic E-state index is 15.1. The standard InChI is InChI=1S/C34H24F3N5O/c1-20-12-13-39-18-27(20)26-14-23-16-29(41-33(43)25-15-24(25)17-38)40-19-28(23)32(30(26)34(35,36)37)42-31(21-8-4-2-5-9-21)22-10-6-3-7-11-22/h2-14,16,18-19,24-25H,15H2,1H3,(H,40,41,43). The lowest BCUT2D eigenvalue weighted by atomic mass is 9.92. The van der Waals surface area contributed by atoms with Crippen LogP contribution in [0.15, 0.2) is 102 Å². The first kappa shape index (κ1) is 27.8. The molecule has 2 unspecified atom stereocenters. The summed E-state index contributed by atoms with van der Waals surface area (Å²) in [5, 5.41) is 12.4. The number of carbonyl (C=O) groups excluding carboxylic acids is 1. The van der Waals surface area contributed by atoms with Crippen molar-refractivity contribution in [1.29, 1.82) is 5.26 Å². The van der Waals surface area contributed by atoms with Gasteiger partial charge >= 0.3 is 6.18 Å². The zero-order chi connectivity index (χ0) is 30.1. The van der Waals surface area contributed by atoms with E-state index in [2.05, 4.69) is 21.4 Å². The molecule has 3 aromatic carbocycles. The van der Waals surface area contributed by atoms with Gasteiger partial charge in [-0.2, -0.15) is 18.4 Å². The number of fused-ring (bicyclic) bond motifs is 1. The molecule has 6 nitrogen and oxygen atoms in total. The van der Waals surface area contributed by atoms with Gasteiger partial charge in [0.15, 0.2) is 0 Å². The average molecular weight is 576 g/mol. The lowest BCUT2D eigenvalue weighted by molar-refractivity contribution is -0.136. The summed E-state index contributed by atoms with van der Waals surface area (Å²) in [4.78, 5) is 25.8. The first-order valence-electron chi connectivity index (χ1n) is 13.6. The fourth-order valence-corrected chi connectivity index (χ4v) is 5.15. The monoisotopic (exact) mass is 575 g/mol. The van der Waals surface area contributed by atoms with Crippen molar-refractivity contribution >= 4 is 33.9 Å². The topological polar surface area (TPSA) is 91.0 Å². The Kier molecular flexibility index (Phi) is 7.20. The van der Waals surface area contributed by atoms with Gasteiger partial charge in [-0.1, -0.05) is 60.7 Å². The van der Waals surface area contributed by atoms with Crippen LogP contribution >= 0.6 is 0 Å². The van der Waals surface area contributed by atoms with Crippen molar-refractivity contribution in [3.8, 4) is 17.2 Å². The van der Waals surface area contributed by atoms with Crippen molar-refractivity contribution in [2.24, 2.45) is 16.8 Å². The number of aryl methyl sites for hydroxylation is 1. The Morgan fingerprint density at radius 2 is 1.65 bits per heavy atom. The van der Waals surface area contributed by atoms with Crippen LogP contribution in [0.25, 0.3) is 21.9 Å². The second-order valence-corrected chi connectivity index (χ2v) is 10.4. The minimum Gasteiger partial charge on any atom is -0.310 e. The van der Waals surface area contributed by atoms with Crippen molar-refractivity contribution in [2.75, 3.05) is 5.32 Å². The second-order valence-electron chi connectivity index (χ2n) is 10.4. The molecule has 212 valence electrons. The maximum atomic E-state index is 15.1. The number of aliphatic imine (C=N–C) groups is 1. The normalized spacial score (nSPS) is 15.9. The van der Waals surface area contributed by atoms with Crippen molar-refractivity contribution < 1.29 is 18.0 Å². The molecular weight excluding hydrogens is 551 g/mol. The van der Waals surface area contributed by atoms with Crippen LogP contribution in [-0.2, 0) is 11.0 Å². The van der Waals surface area contributed by atoms with E-state index in [0.717, 1.165) is 0 Å². The molecule has 2 heterocycles. The summed E-state index contributed by atoms with van der Waals surface area (Å²) in [6, 6.07) is 24.8. The summed E-state index contributed by atoms with van der Waals surface area (Å²) >= 11 is 0. The molecule has 9 heteroatoms. The molecule has 6 rings (SSSR count). The van der Waals surface area contributed by atoms with E-state index in [1.54, 1.807) is 61.5 Å². The van der Waals surface area contributed by atoms with Crippen LogP contribution in [0.4, 0.5) is 24.7 Å². The van der Waals surface area contributed by atoms with Gasteiger partial charge in [0.05, 0.1) is 34.9 Å². The van der Waals surface area contributed by atoms with Crippen molar-refractivity contribution in [1.82, 2.24) is 9.97 Å². The predicted octanol–water partition coefficient (Wildman–Crippen LogP) is 7.89. The summed E-state index contributed by atoms with van der Waals surface area (Å²) in [7, 11) is 0. The predicted molar refractivity (Wildman–Crippen MR) is 159 cm³/mol. The minimum atomic E-state index is -4.78. The first-order chi connectivity index (χ1) is 20.7. The number of anilines is 1. The molecule has 1 N–H and O–H groups in total. The number of nitriles is 1. The smallest absolute Gasteiger partial charge is 0.310 e. The Balaban J connectivity index is 1.64. The number of nitrogens with zero attached hydrogens (tertiary/aromatic N) is 4. The maximum Gasteiger partial charge on any atom is 0.419 e. The molecule has 2 atom stereocenters. The molecule has 1 amide bonds. The van der Waals surface area contributed by atoms with E-state index in [0.29, 0.717) is 39.8 Å². The lowest BCUT2D eigenvalue weighted by Gasteiger charge is -2.20. The Hall–Kier alpha value is -5.36. The first-order valence-corrected chi connectivity index (χ1v) is 13.6. The quantitative estimate of drug-likeness (QED) is 0.209. The highest BCUT2D eigenvalue weighted by molar-refractivity contribution is 6.15. The molecule has 0 saturated heterocycles. The Bertz CT molecular complexity index is 1870. The number of nitrogens with one attached hydrogen (secondary N) is 1.